The molecule has 0 amide bonds. The highest BCUT2D eigenvalue weighted by molar-refractivity contribution is 14.1. The lowest BCUT2D eigenvalue weighted by molar-refractivity contribution is 0.418. The molecule has 0 fully saturated rings. The zero-order valence-electron chi connectivity index (χ0n) is 11.3. The third-order valence-electron chi connectivity index (χ3n) is 2.51. The molecule has 4 heteroatoms. The molecule has 0 radical (unpaired) electrons. The lowest BCUT2D eigenvalue weighted by atomic mass is 10.1. The molecule has 18 heavy (non-hydrogen) atoms. The Bertz CT molecular complexity index is 375. The van der Waals surface area contributed by atoms with E-state index < -0.39 is 0 Å². The fourth-order valence-electron chi connectivity index (χ4n) is 1.58. The van der Waals surface area contributed by atoms with Crippen molar-refractivity contribution in [3.8, 4) is 0 Å². The van der Waals surface area contributed by atoms with Gasteiger partial charge >= 0.3 is 0 Å². The highest BCUT2D eigenvalue weighted by atomic mass is 127. The van der Waals surface area contributed by atoms with E-state index in [1.165, 1.54) is 9.13 Å². The Hall–Kier alpha value is 0.160. The van der Waals surface area contributed by atoms with E-state index in [9.17, 15) is 0 Å². The maximum Gasteiger partial charge on any atom is 0.0409 e. The lowest BCUT2D eigenvalue weighted by Crippen LogP contribution is -2.37. The minimum atomic E-state index is 0.211. The maximum atomic E-state index is 5.99. The fourth-order valence-corrected chi connectivity index (χ4v) is 2.30. The van der Waals surface area contributed by atoms with Gasteiger partial charge in [0.15, 0.2) is 0 Å². The van der Waals surface area contributed by atoms with Crippen LogP contribution in [0.1, 0.15) is 32.8 Å². The first kappa shape index (κ1) is 16.2. The molecule has 1 aromatic rings. The standard InChI is InChI=1S/C14H22ClIN2/c1-14(2,3)18-8-4-7-17-10-11-9-12(15)5-6-13(11)16/h5-6,9,17-18H,4,7-8,10H2,1-3H3. The van der Waals surface area contributed by atoms with Crippen LogP contribution in [0.2, 0.25) is 5.02 Å². The third-order valence-corrected chi connectivity index (χ3v) is 3.80. The van der Waals surface area contributed by atoms with Crippen LogP contribution in [0, 0.1) is 3.57 Å². The van der Waals surface area contributed by atoms with Gasteiger partial charge in [0.1, 0.15) is 0 Å². The van der Waals surface area contributed by atoms with Crippen molar-refractivity contribution in [1.29, 1.82) is 0 Å². The van der Waals surface area contributed by atoms with Gasteiger partial charge in [-0.05, 0) is 86.6 Å². The lowest BCUT2D eigenvalue weighted by Gasteiger charge is -2.20. The second-order valence-corrected chi connectivity index (χ2v) is 7.04. The van der Waals surface area contributed by atoms with E-state index >= 15 is 0 Å². The average Bonchev–Trinajstić information content (AvgIpc) is 2.26. The van der Waals surface area contributed by atoms with E-state index in [0.717, 1.165) is 31.1 Å². The molecule has 0 heterocycles. The first-order valence-corrected chi connectivity index (χ1v) is 7.74. The van der Waals surface area contributed by atoms with Crippen LogP contribution in [-0.4, -0.2) is 18.6 Å². The molecule has 0 aliphatic carbocycles. The van der Waals surface area contributed by atoms with Crippen molar-refractivity contribution in [3.63, 3.8) is 0 Å². The van der Waals surface area contributed by atoms with E-state index in [1.807, 2.05) is 12.1 Å². The van der Waals surface area contributed by atoms with Crippen molar-refractivity contribution in [2.75, 3.05) is 13.1 Å². The Labute approximate surface area is 129 Å². The number of rotatable bonds is 6. The highest BCUT2D eigenvalue weighted by Gasteiger charge is 2.07. The van der Waals surface area contributed by atoms with Crippen LogP contribution in [0.15, 0.2) is 18.2 Å². The molecule has 0 aliphatic heterocycles. The smallest absolute Gasteiger partial charge is 0.0409 e. The van der Waals surface area contributed by atoms with Crippen LogP contribution in [0.25, 0.3) is 0 Å². The van der Waals surface area contributed by atoms with Gasteiger partial charge < -0.3 is 10.6 Å². The van der Waals surface area contributed by atoms with Gasteiger partial charge in [0.05, 0.1) is 0 Å². The summed E-state index contributed by atoms with van der Waals surface area (Å²) in [5.74, 6) is 0. The van der Waals surface area contributed by atoms with Crippen molar-refractivity contribution < 1.29 is 0 Å². The first-order valence-electron chi connectivity index (χ1n) is 6.28. The Morgan fingerprint density at radius 1 is 1.22 bits per heavy atom. The summed E-state index contributed by atoms with van der Waals surface area (Å²) < 4.78 is 1.26. The molecule has 102 valence electrons. The summed E-state index contributed by atoms with van der Waals surface area (Å²) in [7, 11) is 0. The quantitative estimate of drug-likeness (QED) is 0.579. The summed E-state index contributed by atoms with van der Waals surface area (Å²) in [4.78, 5) is 0. The maximum absolute atomic E-state index is 5.99. The van der Waals surface area contributed by atoms with Gasteiger partial charge in [-0.25, -0.2) is 0 Å². The molecule has 0 atom stereocenters. The van der Waals surface area contributed by atoms with Crippen LogP contribution in [-0.2, 0) is 6.54 Å². The minimum absolute atomic E-state index is 0.211. The number of hydrogen-bond acceptors (Lipinski definition) is 2. The summed E-state index contributed by atoms with van der Waals surface area (Å²) >= 11 is 8.33. The van der Waals surface area contributed by atoms with Crippen molar-refractivity contribution in [2.24, 2.45) is 0 Å². The minimum Gasteiger partial charge on any atom is -0.313 e. The largest absolute Gasteiger partial charge is 0.313 e. The zero-order chi connectivity index (χ0) is 13.6. The summed E-state index contributed by atoms with van der Waals surface area (Å²) in [6, 6.07) is 6.02. The molecular weight excluding hydrogens is 359 g/mol. The van der Waals surface area contributed by atoms with Crippen LogP contribution < -0.4 is 10.6 Å². The van der Waals surface area contributed by atoms with Crippen molar-refractivity contribution >= 4 is 34.2 Å². The SMILES string of the molecule is CC(C)(C)NCCCNCc1cc(Cl)ccc1I. The number of halogens is 2. The van der Waals surface area contributed by atoms with E-state index in [0.29, 0.717) is 0 Å². The van der Waals surface area contributed by atoms with Gasteiger partial charge in [0, 0.05) is 20.7 Å². The molecule has 1 rings (SSSR count). The Kier molecular flexibility index (Phi) is 6.92. The van der Waals surface area contributed by atoms with E-state index in [2.05, 4.69) is 60.1 Å². The van der Waals surface area contributed by atoms with Crippen molar-refractivity contribution in [3.05, 3.63) is 32.4 Å². The molecule has 0 spiro atoms. The van der Waals surface area contributed by atoms with Crippen molar-refractivity contribution in [2.45, 2.75) is 39.3 Å². The summed E-state index contributed by atoms with van der Waals surface area (Å²) in [6.07, 6.45) is 1.13. The molecule has 2 nitrogen and oxygen atoms in total. The molecule has 1 aromatic carbocycles. The summed E-state index contributed by atoms with van der Waals surface area (Å²) in [5.41, 5.74) is 1.48. The third kappa shape index (κ3) is 6.92. The van der Waals surface area contributed by atoms with Gasteiger partial charge in [-0.1, -0.05) is 11.6 Å². The zero-order valence-corrected chi connectivity index (χ0v) is 14.2. The highest BCUT2D eigenvalue weighted by Crippen LogP contribution is 2.17. The molecular formula is C14H22ClIN2. The molecule has 0 saturated carbocycles. The Balaban J connectivity index is 2.20. The van der Waals surface area contributed by atoms with Gasteiger partial charge in [-0.2, -0.15) is 0 Å². The van der Waals surface area contributed by atoms with Gasteiger partial charge in [0.2, 0.25) is 0 Å². The second kappa shape index (κ2) is 7.68. The molecule has 0 saturated heterocycles. The Morgan fingerprint density at radius 3 is 2.61 bits per heavy atom. The normalized spacial score (nSPS) is 11.8. The van der Waals surface area contributed by atoms with Crippen molar-refractivity contribution in [1.82, 2.24) is 10.6 Å². The summed E-state index contributed by atoms with van der Waals surface area (Å²) in [6.45, 7) is 9.52. The van der Waals surface area contributed by atoms with Gasteiger partial charge in [-0.15, -0.1) is 0 Å². The topological polar surface area (TPSA) is 24.1 Å². The van der Waals surface area contributed by atoms with E-state index in [1.54, 1.807) is 0 Å². The predicted molar refractivity (Wildman–Crippen MR) is 88.2 cm³/mol. The van der Waals surface area contributed by atoms with Crippen LogP contribution >= 0.6 is 34.2 Å². The van der Waals surface area contributed by atoms with Gasteiger partial charge in [-0.3, -0.25) is 0 Å². The number of nitrogens with one attached hydrogen (secondary N) is 2. The fraction of sp³-hybridized carbons (Fsp3) is 0.571. The second-order valence-electron chi connectivity index (χ2n) is 5.44. The molecule has 2 N–H and O–H groups in total. The molecule has 0 unspecified atom stereocenters. The summed E-state index contributed by atoms with van der Waals surface area (Å²) in [5, 5.41) is 7.74. The van der Waals surface area contributed by atoms with Crippen LogP contribution in [0.5, 0.6) is 0 Å². The van der Waals surface area contributed by atoms with Gasteiger partial charge in [0.25, 0.3) is 0 Å². The van der Waals surface area contributed by atoms with E-state index in [-0.39, 0.29) is 5.54 Å². The monoisotopic (exact) mass is 380 g/mol. The first-order chi connectivity index (χ1) is 8.38. The average molecular weight is 381 g/mol. The van der Waals surface area contributed by atoms with Crippen LogP contribution in [0.3, 0.4) is 0 Å². The van der Waals surface area contributed by atoms with E-state index in [4.69, 9.17) is 11.6 Å². The number of hydrogen-bond donors (Lipinski definition) is 2. The molecule has 0 aliphatic rings. The molecule has 0 aromatic heterocycles. The van der Waals surface area contributed by atoms with Crippen LogP contribution in [0.4, 0.5) is 0 Å². The predicted octanol–water partition coefficient (Wildman–Crippen LogP) is 3.81. The number of benzene rings is 1. The molecule has 0 bridgehead atoms. The Morgan fingerprint density at radius 2 is 1.94 bits per heavy atom.